The molecule has 8 nitrogen and oxygen atoms in total. The van der Waals surface area contributed by atoms with Crippen molar-refractivity contribution in [3.8, 4) is 0 Å². The smallest absolute Gasteiger partial charge is 0.276 e. The van der Waals surface area contributed by atoms with Gasteiger partial charge in [0.2, 0.25) is 0 Å². The van der Waals surface area contributed by atoms with E-state index in [9.17, 15) is 9.59 Å². The summed E-state index contributed by atoms with van der Waals surface area (Å²) in [5, 5.41) is 7.13. The lowest BCUT2D eigenvalue weighted by Crippen LogP contribution is -2.39. The quantitative estimate of drug-likeness (QED) is 0.766. The van der Waals surface area contributed by atoms with E-state index in [1.165, 1.54) is 10.6 Å². The second-order valence-electron chi connectivity index (χ2n) is 7.62. The van der Waals surface area contributed by atoms with E-state index in [0.717, 1.165) is 37.1 Å². The molecule has 1 N–H and O–H groups in total. The number of fused-ring (bicyclic) bond motifs is 1. The van der Waals surface area contributed by atoms with Gasteiger partial charge in [-0.3, -0.25) is 14.7 Å². The molecule has 140 valence electrons. The fourth-order valence-electron chi connectivity index (χ4n) is 3.87. The topological polar surface area (TPSA) is 96.5 Å². The molecule has 0 bridgehead atoms. The largest absolute Gasteiger partial charge is 0.360 e. The molecule has 1 saturated carbocycles. The number of carbonyl (C=O) groups excluding carboxylic acids is 1. The van der Waals surface area contributed by atoms with Gasteiger partial charge in [-0.15, -0.1) is 0 Å². The molecule has 2 fully saturated rings. The number of likely N-dealkylation sites (tertiary alicyclic amines) is 1. The lowest BCUT2D eigenvalue weighted by Gasteiger charge is -2.31. The van der Waals surface area contributed by atoms with Crippen LogP contribution in [0.4, 0.5) is 0 Å². The monoisotopic (exact) mass is 367 g/mol. The molecule has 1 aliphatic carbocycles. The molecule has 1 amide bonds. The SMILES string of the molecule is Cc1cc(=O)n2[nH]c([C@@H]3CCCN(C(=O)c4cc(C5CC5)on4)C3)cc2n1. The number of hydrogen-bond acceptors (Lipinski definition) is 5. The third kappa shape index (κ3) is 2.94. The minimum Gasteiger partial charge on any atom is -0.360 e. The third-order valence-corrected chi connectivity index (χ3v) is 5.47. The van der Waals surface area contributed by atoms with Crippen molar-refractivity contribution in [2.24, 2.45) is 0 Å². The molecule has 3 aromatic heterocycles. The standard InChI is InChI=1S/C19H21N5O3/c1-11-7-18(25)24-17(20-11)9-14(21-24)13-3-2-6-23(10-13)19(26)15-8-16(27-22-15)12-4-5-12/h7-9,12-13,21H,2-6,10H2,1H3/t13-/m1/s1. The fraction of sp³-hybridized carbons (Fsp3) is 0.474. The van der Waals surface area contributed by atoms with Crippen molar-refractivity contribution < 1.29 is 9.32 Å². The maximum atomic E-state index is 12.8. The van der Waals surface area contributed by atoms with E-state index in [-0.39, 0.29) is 17.4 Å². The Labute approximate surface area is 155 Å². The Morgan fingerprint density at radius 3 is 2.89 bits per heavy atom. The zero-order valence-electron chi connectivity index (χ0n) is 15.1. The minimum absolute atomic E-state index is 0.0856. The van der Waals surface area contributed by atoms with Crippen molar-refractivity contribution in [1.29, 1.82) is 0 Å². The lowest BCUT2D eigenvalue weighted by atomic mass is 9.94. The molecule has 1 saturated heterocycles. The van der Waals surface area contributed by atoms with Gasteiger partial charge in [-0.2, -0.15) is 0 Å². The summed E-state index contributed by atoms with van der Waals surface area (Å²) in [5.74, 6) is 1.31. The maximum Gasteiger partial charge on any atom is 0.276 e. The van der Waals surface area contributed by atoms with Crippen LogP contribution in [0.5, 0.6) is 0 Å². The third-order valence-electron chi connectivity index (χ3n) is 5.47. The van der Waals surface area contributed by atoms with Gasteiger partial charge in [-0.05, 0) is 32.6 Å². The lowest BCUT2D eigenvalue weighted by molar-refractivity contribution is 0.0695. The van der Waals surface area contributed by atoms with E-state index in [4.69, 9.17) is 4.52 Å². The van der Waals surface area contributed by atoms with Gasteiger partial charge in [0.25, 0.3) is 11.5 Å². The van der Waals surface area contributed by atoms with Crippen LogP contribution in [0.25, 0.3) is 5.65 Å². The number of piperidine rings is 1. The second kappa shape index (κ2) is 6.07. The summed E-state index contributed by atoms with van der Waals surface area (Å²) in [7, 11) is 0. The van der Waals surface area contributed by atoms with Crippen LogP contribution in [0.3, 0.4) is 0 Å². The zero-order chi connectivity index (χ0) is 18.5. The van der Waals surface area contributed by atoms with Crippen molar-refractivity contribution in [2.45, 2.75) is 44.4 Å². The highest BCUT2D eigenvalue weighted by atomic mass is 16.5. The first-order valence-corrected chi connectivity index (χ1v) is 9.44. The van der Waals surface area contributed by atoms with Crippen LogP contribution in [0, 0.1) is 6.92 Å². The Balaban J connectivity index is 1.37. The summed E-state index contributed by atoms with van der Waals surface area (Å²) < 4.78 is 6.79. The Morgan fingerprint density at radius 2 is 2.07 bits per heavy atom. The minimum atomic E-state index is -0.123. The van der Waals surface area contributed by atoms with E-state index >= 15 is 0 Å². The molecule has 4 heterocycles. The number of hydrogen-bond donors (Lipinski definition) is 1. The Bertz CT molecular complexity index is 1070. The maximum absolute atomic E-state index is 12.8. The van der Waals surface area contributed by atoms with E-state index in [0.29, 0.717) is 36.0 Å². The van der Waals surface area contributed by atoms with Gasteiger partial charge >= 0.3 is 0 Å². The van der Waals surface area contributed by atoms with Crippen LogP contribution in [-0.4, -0.2) is 43.7 Å². The average Bonchev–Trinajstić information content (AvgIpc) is 3.23. The molecule has 1 aliphatic heterocycles. The molecule has 8 heteroatoms. The molecule has 5 rings (SSSR count). The predicted octanol–water partition coefficient (Wildman–Crippen LogP) is 2.22. The van der Waals surface area contributed by atoms with Gasteiger partial charge in [0.05, 0.1) is 0 Å². The summed E-state index contributed by atoms with van der Waals surface area (Å²) in [6, 6.07) is 5.21. The first kappa shape index (κ1) is 16.3. The highest BCUT2D eigenvalue weighted by Crippen LogP contribution is 2.40. The van der Waals surface area contributed by atoms with E-state index < -0.39 is 0 Å². The van der Waals surface area contributed by atoms with Crippen molar-refractivity contribution in [1.82, 2.24) is 24.7 Å². The van der Waals surface area contributed by atoms with Gasteiger partial charge in [0, 0.05) is 54.5 Å². The molecule has 1 atom stereocenters. The van der Waals surface area contributed by atoms with Gasteiger partial charge in [0.1, 0.15) is 5.76 Å². The molecular formula is C19H21N5O3. The summed E-state index contributed by atoms with van der Waals surface area (Å²) in [5.41, 5.74) is 2.51. The van der Waals surface area contributed by atoms with E-state index in [2.05, 4.69) is 15.2 Å². The van der Waals surface area contributed by atoms with Crippen LogP contribution in [-0.2, 0) is 0 Å². The van der Waals surface area contributed by atoms with Gasteiger partial charge in [-0.25, -0.2) is 9.50 Å². The molecule has 0 radical (unpaired) electrons. The van der Waals surface area contributed by atoms with Crippen molar-refractivity contribution >= 4 is 11.6 Å². The number of aromatic nitrogens is 4. The molecule has 3 aromatic rings. The Morgan fingerprint density at radius 1 is 1.22 bits per heavy atom. The van der Waals surface area contributed by atoms with Crippen LogP contribution < -0.4 is 5.56 Å². The fourth-order valence-corrected chi connectivity index (χ4v) is 3.87. The second-order valence-corrected chi connectivity index (χ2v) is 7.62. The van der Waals surface area contributed by atoms with E-state index in [1.54, 1.807) is 6.07 Å². The average molecular weight is 367 g/mol. The number of amides is 1. The molecule has 27 heavy (non-hydrogen) atoms. The highest BCUT2D eigenvalue weighted by Gasteiger charge is 2.32. The Hall–Kier alpha value is -2.90. The van der Waals surface area contributed by atoms with Crippen molar-refractivity contribution in [3.05, 3.63) is 51.4 Å². The summed E-state index contributed by atoms with van der Waals surface area (Å²) in [6.45, 7) is 3.10. The molecule has 2 aliphatic rings. The number of aromatic amines is 1. The number of nitrogens with zero attached hydrogens (tertiary/aromatic N) is 4. The normalized spacial score (nSPS) is 20.3. The number of carbonyl (C=O) groups is 1. The van der Waals surface area contributed by atoms with Gasteiger partial charge < -0.3 is 9.42 Å². The predicted molar refractivity (Wildman–Crippen MR) is 96.9 cm³/mol. The number of aryl methyl sites for hydroxylation is 1. The first-order valence-electron chi connectivity index (χ1n) is 9.44. The van der Waals surface area contributed by atoms with Gasteiger partial charge in [-0.1, -0.05) is 5.16 Å². The van der Waals surface area contributed by atoms with E-state index in [1.807, 2.05) is 17.9 Å². The molecular weight excluding hydrogens is 346 g/mol. The Kier molecular flexibility index (Phi) is 3.66. The summed E-state index contributed by atoms with van der Waals surface area (Å²) in [4.78, 5) is 31.2. The first-order chi connectivity index (χ1) is 13.1. The molecule has 0 unspecified atom stereocenters. The van der Waals surface area contributed by atoms with Crippen LogP contribution >= 0.6 is 0 Å². The highest BCUT2D eigenvalue weighted by molar-refractivity contribution is 5.92. The summed E-state index contributed by atoms with van der Waals surface area (Å²) >= 11 is 0. The molecule has 0 aromatic carbocycles. The number of H-pyrrole nitrogens is 1. The number of rotatable bonds is 3. The molecule has 0 spiro atoms. The van der Waals surface area contributed by atoms with Gasteiger partial charge in [0.15, 0.2) is 11.3 Å². The van der Waals surface area contributed by atoms with Crippen LogP contribution in [0.1, 0.15) is 65.2 Å². The van der Waals surface area contributed by atoms with Crippen LogP contribution in [0.2, 0.25) is 0 Å². The number of nitrogens with one attached hydrogen (secondary N) is 1. The van der Waals surface area contributed by atoms with Crippen molar-refractivity contribution in [3.63, 3.8) is 0 Å². The van der Waals surface area contributed by atoms with Crippen molar-refractivity contribution in [2.75, 3.05) is 13.1 Å². The zero-order valence-corrected chi connectivity index (χ0v) is 15.1. The van der Waals surface area contributed by atoms with Crippen LogP contribution in [0.15, 0.2) is 27.5 Å². The summed E-state index contributed by atoms with van der Waals surface area (Å²) in [6.07, 6.45) is 4.08.